The maximum atomic E-state index is 12.1. The van der Waals surface area contributed by atoms with Crippen LogP contribution >= 0.6 is 11.3 Å². The second kappa shape index (κ2) is 6.97. The highest BCUT2D eigenvalue weighted by Crippen LogP contribution is 2.17. The Bertz CT molecular complexity index is 866. The number of hydrogen-bond acceptors (Lipinski definition) is 4. The first kappa shape index (κ1) is 16.4. The Morgan fingerprint density at radius 1 is 1.25 bits per heavy atom. The smallest absolute Gasteiger partial charge is 0.226 e. The molecule has 124 valence electrons. The summed E-state index contributed by atoms with van der Waals surface area (Å²) in [4.78, 5) is 16.5. The lowest BCUT2D eigenvalue weighted by Gasteiger charge is -2.12. The summed E-state index contributed by atoms with van der Waals surface area (Å²) in [6.45, 7) is 6.41. The molecule has 0 bridgehead atoms. The molecule has 2 heterocycles. The number of nitrogens with one attached hydrogen (secondary N) is 1. The van der Waals surface area contributed by atoms with Crippen molar-refractivity contribution in [2.45, 2.75) is 33.7 Å². The van der Waals surface area contributed by atoms with Gasteiger partial charge in [-0.05, 0) is 38.5 Å². The quantitative estimate of drug-likeness (QED) is 0.776. The van der Waals surface area contributed by atoms with Gasteiger partial charge in [-0.3, -0.25) is 4.79 Å². The molecule has 0 fully saturated rings. The van der Waals surface area contributed by atoms with Crippen LogP contribution in [-0.4, -0.2) is 20.7 Å². The summed E-state index contributed by atoms with van der Waals surface area (Å²) >= 11 is 1.56. The molecule has 3 aromatic rings. The molecule has 2 aromatic heterocycles. The van der Waals surface area contributed by atoms with Gasteiger partial charge in [0.05, 0.1) is 28.5 Å². The molecule has 0 saturated heterocycles. The third kappa shape index (κ3) is 3.71. The molecule has 0 saturated carbocycles. The molecule has 0 aliphatic carbocycles. The van der Waals surface area contributed by atoms with Crippen LogP contribution in [0.3, 0.4) is 0 Å². The van der Waals surface area contributed by atoms with Gasteiger partial charge < -0.3 is 5.32 Å². The number of rotatable bonds is 5. The van der Waals surface area contributed by atoms with Crippen LogP contribution in [0.25, 0.3) is 5.69 Å². The highest BCUT2D eigenvalue weighted by atomic mass is 32.1. The zero-order valence-electron chi connectivity index (χ0n) is 14.0. The van der Waals surface area contributed by atoms with E-state index in [2.05, 4.69) is 15.4 Å². The van der Waals surface area contributed by atoms with Gasteiger partial charge in [0.25, 0.3) is 0 Å². The molecule has 5 nitrogen and oxygen atoms in total. The van der Waals surface area contributed by atoms with Gasteiger partial charge in [0, 0.05) is 17.6 Å². The first-order valence-electron chi connectivity index (χ1n) is 7.82. The van der Waals surface area contributed by atoms with Crippen molar-refractivity contribution in [3.63, 3.8) is 0 Å². The summed E-state index contributed by atoms with van der Waals surface area (Å²) in [6.07, 6.45) is 0.312. The molecule has 0 aliphatic heterocycles. The van der Waals surface area contributed by atoms with Crippen LogP contribution in [0.5, 0.6) is 0 Å². The van der Waals surface area contributed by atoms with Crippen molar-refractivity contribution < 1.29 is 4.79 Å². The van der Waals surface area contributed by atoms with E-state index in [0.717, 1.165) is 33.3 Å². The Morgan fingerprint density at radius 3 is 2.71 bits per heavy atom. The highest BCUT2D eigenvalue weighted by Gasteiger charge is 2.11. The van der Waals surface area contributed by atoms with Crippen LogP contribution in [0.15, 0.2) is 35.7 Å². The lowest BCUT2D eigenvalue weighted by molar-refractivity contribution is -0.120. The van der Waals surface area contributed by atoms with Crippen LogP contribution in [0.1, 0.15) is 27.7 Å². The minimum absolute atomic E-state index is 0.0246. The molecule has 0 atom stereocenters. The van der Waals surface area contributed by atoms with Gasteiger partial charge in [0.15, 0.2) is 0 Å². The molecule has 1 amide bonds. The van der Waals surface area contributed by atoms with E-state index in [4.69, 9.17) is 0 Å². The van der Waals surface area contributed by atoms with Crippen LogP contribution in [0.4, 0.5) is 0 Å². The molecule has 0 spiro atoms. The summed E-state index contributed by atoms with van der Waals surface area (Å²) in [7, 11) is 0. The van der Waals surface area contributed by atoms with Crippen molar-refractivity contribution >= 4 is 17.2 Å². The zero-order valence-corrected chi connectivity index (χ0v) is 14.9. The number of hydrogen-bond donors (Lipinski definition) is 1. The number of carbonyl (C=O) groups is 1. The predicted octanol–water partition coefficient (Wildman–Crippen LogP) is 3.11. The highest BCUT2D eigenvalue weighted by molar-refractivity contribution is 7.09. The molecule has 6 heteroatoms. The monoisotopic (exact) mass is 340 g/mol. The molecule has 0 radical (unpaired) electrons. The Hall–Kier alpha value is -2.47. The number of carbonyl (C=O) groups excluding carboxylic acids is 1. The molecule has 1 aromatic carbocycles. The largest absolute Gasteiger partial charge is 0.352 e. The minimum atomic E-state index is -0.0246. The van der Waals surface area contributed by atoms with Gasteiger partial charge >= 0.3 is 0 Å². The molecule has 0 unspecified atom stereocenters. The molecular formula is C18H20N4OS. The summed E-state index contributed by atoms with van der Waals surface area (Å²) in [5.74, 6) is -0.0246. The Labute approximate surface area is 145 Å². The number of nitrogens with zero attached hydrogens (tertiary/aromatic N) is 3. The van der Waals surface area contributed by atoms with Gasteiger partial charge in [0.1, 0.15) is 0 Å². The average Bonchev–Trinajstić information content (AvgIpc) is 3.10. The van der Waals surface area contributed by atoms with E-state index in [1.54, 1.807) is 11.3 Å². The topological polar surface area (TPSA) is 59.8 Å². The number of thiazole rings is 1. The fraction of sp³-hybridized carbons (Fsp3) is 0.278. The van der Waals surface area contributed by atoms with Crippen molar-refractivity contribution in [1.29, 1.82) is 0 Å². The van der Waals surface area contributed by atoms with Crippen LogP contribution in [-0.2, 0) is 17.8 Å². The standard InChI is InChI=1S/C18H20N4OS/c1-12-8-13(2)22(21-12)17-7-5-4-6-15(17)10-19-18(23)9-16-11-24-14(3)20-16/h4-8,11H,9-10H2,1-3H3,(H,19,23). The predicted molar refractivity (Wildman–Crippen MR) is 95.4 cm³/mol. The van der Waals surface area contributed by atoms with Crippen molar-refractivity contribution in [3.8, 4) is 5.69 Å². The van der Waals surface area contributed by atoms with E-state index in [0.29, 0.717) is 13.0 Å². The number of para-hydroxylation sites is 1. The maximum absolute atomic E-state index is 12.1. The number of aryl methyl sites for hydroxylation is 3. The first-order valence-corrected chi connectivity index (χ1v) is 8.70. The van der Waals surface area contributed by atoms with Crippen LogP contribution in [0.2, 0.25) is 0 Å². The zero-order chi connectivity index (χ0) is 17.1. The fourth-order valence-electron chi connectivity index (χ4n) is 2.65. The van der Waals surface area contributed by atoms with Crippen molar-refractivity contribution in [2.24, 2.45) is 0 Å². The maximum Gasteiger partial charge on any atom is 0.226 e. The third-order valence-corrected chi connectivity index (χ3v) is 4.54. The van der Waals surface area contributed by atoms with E-state index in [1.807, 2.05) is 61.2 Å². The van der Waals surface area contributed by atoms with Crippen molar-refractivity contribution in [1.82, 2.24) is 20.1 Å². The molecule has 1 N–H and O–H groups in total. The van der Waals surface area contributed by atoms with E-state index in [1.165, 1.54) is 0 Å². The SMILES string of the molecule is Cc1cc(C)n(-c2ccccc2CNC(=O)Cc2csc(C)n2)n1. The van der Waals surface area contributed by atoms with Gasteiger partial charge in [-0.2, -0.15) is 5.10 Å². The van der Waals surface area contributed by atoms with Gasteiger partial charge in [0.2, 0.25) is 5.91 Å². The van der Waals surface area contributed by atoms with Crippen molar-refractivity contribution in [3.05, 3.63) is 63.4 Å². The normalized spacial score (nSPS) is 10.8. The van der Waals surface area contributed by atoms with Gasteiger partial charge in [-0.1, -0.05) is 18.2 Å². The number of aromatic nitrogens is 3. The van der Waals surface area contributed by atoms with Crippen LogP contribution < -0.4 is 5.32 Å². The lowest BCUT2D eigenvalue weighted by Crippen LogP contribution is -2.25. The molecule has 3 rings (SSSR count). The lowest BCUT2D eigenvalue weighted by atomic mass is 10.1. The molecule has 24 heavy (non-hydrogen) atoms. The van der Waals surface area contributed by atoms with Crippen LogP contribution in [0, 0.1) is 20.8 Å². The Balaban J connectivity index is 1.71. The second-order valence-electron chi connectivity index (χ2n) is 5.78. The Kier molecular flexibility index (Phi) is 4.76. The second-order valence-corrected chi connectivity index (χ2v) is 6.84. The summed E-state index contributed by atoms with van der Waals surface area (Å²) in [5.41, 5.74) is 4.90. The van der Waals surface area contributed by atoms with E-state index in [9.17, 15) is 4.79 Å². The molecular weight excluding hydrogens is 320 g/mol. The first-order chi connectivity index (χ1) is 11.5. The number of benzene rings is 1. The van der Waals surface area contributed by atoms with Gasteiger partial charge in [-0.15, -0.1) is 11.3 Å². The van der Waals surface area contributed by atoms with Crippen molar-refractivity contribution in [2.75, 3.05) is 0 Å². The van der Waals surface area contributed by atoms with E-state index in [-0.39, 0.29) is 5.91 Å². The summed E-state index contributed by atoms with van der Waals surface area (Å²) < 4.78 is 1.92. The van der Waals surface area contributed by atoms with E-state index < -0.39 is 0 Å². The van der Waals surface area contributed by atoms with Gasteiger partial charge in [-0.25, -0.2) is 9.67 Å². The summed E-state index contributed by atoms with van der Waals surface area (Å²) in [6, 6.07) is 10.0. The minimum Gasteiger partial charge on any atom is -0.352 e. The Morgan fingerprint density at radius 2 is 2.04 bits per heavy atom. The van der Waals surface area contributed by atoms with E-state index >= 15 is 0 Å². The fourth-order valence-corrected chi connectivity index (χ4v) is 3.26. The number of amides is 1. The molecule has 0 aliphatic rings. The third-order valence-electron chi connectivity index (χ3n) is 3.71. The average molecular weight is 340 g/mol. The summed E-state index contributed by atoms with van der Waals surface area (Å²) in [5, 5.41) is 10.4.